The lowest BCUT2D eigenvalue weighted by atomic mass is 10.1. The van der Waals surface area contributed by atoms with Gasteiger partial charge in [-0.2, -0.15) is 0 Å². The van der Waals surface area contributed by atoms with E-state index in [1.54, 1.807) is 20.3 Å². The number of ether oxygens (including phenoxy) is 2. The topological polar surface area (TPSA) is 59.0 Å². The van der Waals surface area contributed by atoms with E-state index in [-0.39, 0.29) is 5.43 Å². The number of aromatic nitrogens is 1. The third kappa shape index (κ3) is 3.68. The minimum absolute atomic E-state index is 0.0324. The van der Waals surface area contributed by atoms with E-state index in [4.69, 9.17) is 9.47 Å². The Balaban J connectivity index is 1.60. The van der Waals surface area contributed by atoms with E-state index in [9.17, 15) is 4.79 Å². The summed E-state index contributed by atoms with van der Waals surface area (Å²) in [6.07, 6.45) is 0. The molecule has 0 saturated carbocycles. The number of nitrogens with zero attached hydrogens (tertiary/aromatic N) is 1. The first kappa shape index (κ1) is 19.3. The quantitative estimate of drug-likeness (QED) is 0.692. The van der Waals surface area contributed by atoms with E-state index in [1.807, 2.05) is 19.1 Å². The lowest BCUT2D eigenvalue weighted by Gasteiger charge is -2.33. The molecule has 0 amide bonds. The normalized spacial score (nSPS) is 14.9. The smallest absolute Gasteiger partial charge is 0.202 e. The third-order valence-electron chi connectivity index (χ3n) is 5.85. The first-order chi connectivity index (χ1) is 14.1. The molecule has 0 unspecified atom stereocenters. The second-order valence-electron chi connectivity index (χ2n) is 7.53. The van der Waals surface area contributed by atoms with E-state index < -0.39 is 0 Å². The molecule has 0 aliphatic carbocycles. The molecule has 1 fully saturated rings. The van der Waals surface area contributed by atoms with E-state index >= 15 is 0 Å². The fourth-order valence-corrected chi connectivity index (χ4v) is 4.20. The summed E-state index contributed by atoms with van der Waals surface area (Å²) in [5.74, 6) is 1.23. The van der Waals surface area contributed by atoms with Crippen LogP contribution >= 0.6 is 0 Å². The molecule has 6 heteroatoms. The van der Waals surface area contributed by atoms with Crippen molar-refractivity contribution in [1.29, 1.82) is 0 Å². The van der Waals surface area contributed by atoms with E-state index in [1.165, 1.54) is 10.6 Å². The second-order valence-corrected chi connectivity index (χ2v) is 7.53. The molecule has 2 N–H and O–H groups in total. The number of aryl methyl sites for hydroxylation is 1. The molecule has 2 aromatic carbocycles. The summed E-state index contributed by atoms with van der Waals surface area (Å²) in [4.78, 5) is 20.6. The predicted octanol–water partition coefficient (Wildman–Crippen LogP) is 1.76. The van der Waals surface area contributed by atoms with Crippen LogP contribution in [0.15, 0.2) is 47.3 Å². The van der Waals surface area contributed by atoms with Crippen molar-refractivity contribution in [3.8, 4) is 11.5 Å². The molecule has 4 rings (SSSR count). The molecule has 1 saturated heterocycles. The zero-order valence-electron chi connectivity index (χ0n) is 17.2. The van der Waals surface area contributed by atoms with Crippen molar-refractivity contribution < 1.29 is 14.4 Å². The number of nitrogens with one attached hydrogen (secondary N) is 2. The molecule has 0 atom stereocenters. The van der Waals surface area contributed by atoms with Crippen molar-refractivity contribution in [2.45, 2.75) is 13.5 Å². The summed E-state index contributed by atoms with van der Waals surface area (Å²) in [6.45, 7) is 6.65. The molecular weight excluding hydrogens is 366 g/mol. The largest absolute Gasteiger partial charge is 0.496 e. The fourth-order valence-electron chi connectivity index (χ4n) is 4.20. The number of H-pyrrole nitrogens is 1. The predicted molar refractivity (Wildman–Crippen MR) is 115 cm³/mol. The van der Waals surface area contributed by atoms with Crippen LogP contribution in [0.1, 0.15) is 11.3 Å². The molecule has 6 nitrogen and oxygen atoms in total. The van der Waals surface area contributed by atoms with Gasteiger partial charge in [0, 0.05) is 11.4 Å². The Labute approximate surface area is 170 Å². The molecule has 0 spiro atoms. The summed E-state index contributed by atoms with van der Waals surface area (Å²) in [7, 11) is 3.20. The summed E-state index contributed by atoms with van der Waals surface area (Å²) in [6, 6.07) is 14.1. The first-order valence-electron chi connectivity index (χ1n) is 10.0. The highest BCUT2D eigenvalue weighted by atomic mass is 16.5. The van der Waals surface area contributed by atoms with Crippen molar-refractivity contribution >= 4 is 16.6 Å². The number of quaternary nitrogens is 1. The monoisotopic (exact) mass is 394 g/mol. The van der Waals surface area contributed by atoms with Gasteiger partial charge in [-0.15, -0.1) is 0 Å². The van der Waals surface area contributed by atoms with Gasteiger partial charge in [-0.1, -0.05) is 18.2 Å². The van der Waals surface area contributed by atoms with Gasteiger partial charge in [0.1, 0.15) is 18.0 Å². The van der Waals surface area contributed by atoms with E-state index in [0.717, 1.165) is 37.4 Å². The number of hydrogen-bond acceptors (Lipinski definition) is 4. The number of fused-ring (bicyclic) bond motifs is 1. The average Bonchev–Trinajstić information content (AvgIpc) is 2.77. The maximum Gasteiger partial charge on any atom is 0.202 e. The lowest BCUT2D eigenvalue weighted by Crippen LogP contribution is -3.13. The van der Waals surface area contributed by atoms with Crippen LogP contribution in [0.4, 0.5) is 5.69 Å². The summed E-state index contributed by atoms with van der Waals surface area (Å²) >= 11 is 0. The van der Waals surface area contributed by atoms with Crippen LogP contribution < -0.4 is 24.7 Å². The van der Waals surface area contributed by atoms with Gasteiger partial charge in [0.15, 0.2) is 0 Å². The van der Waals surface area contributed by atoms with Crippen molar-refractivity contribution in [2.75, 3.05) is 45.3 Å². The Morgan fingerprint density at radius 2 is 1.66 bits per heavy atom. The number of anilines is 1. The van der Waals surface area contributed by atoms with Crippen molar-refractivity contribution in [1.82, 2.24) is 4.98 Å². The standard InChI is InChI=1S/C23H27N3O3/c1-16-18(15-25-11-13-26(14-12-25)17-7-5-4-6-8-17)23(27)21-19(28-2)9-10-20(29-3)22(21)24-16/h4-10H,11-15H2,1-3H3,(H,24,27)/p+1. The maximum absolute atomic E-state index is 13.4. The molecule has 29 heavy (non-hydrogen) atoms. The molecule has 1 aliphatic heterocycles. The number of benzene rings is 2. The zero-order valence-corrected chi connectivity index (χ0v) is 17.2. The number of pyridine rings is 1. The molecular formula is C23H28N3O3+. The van der Waals surface area contributed by atoms with Crippen LogP contribution in [0.25, 0.3) is 10.9 Å². The van der Waals surface area contributed by atoms with Crippen LogP contribution in [-0.2, 0) is 6.54 Å². The van der Waals surface area contributed by atoms with Gasteiger partial charge in [0.2, 0.25) is 5.43 Å². The van der Waals surface area contributed by atoms with Crippen LogP contribution in [0, 0.1) is 6.92 Å². The van der Waals surface area contributed by atoms with Crippen molar-refractivity contribution in [2.24, 2.45) is 0 Å². The summed E-state index contributed by atoms with van der Waals surface area (Å²) in [5, 5.41) is 0.565. The lowest BCUT2D eigenvalue weighted by molar-refractivity contribution is -0.914. The molecule has 0 radical (unpaired) electrons. The number of methoxy groups -OCH3 is 2. The van der Waals surface area contributed by atoms with Gasteiger partial charge in [-0.25, -0.2) is 0 Å². The van der Waals surface area contributed by atoms with Gasteiger partial charge in [-0.05, 0) is 31.2 Å². The van der Waals surface area contributed by atoms with Gasteiger partial charge < -0.3 is 24.3 Å². The Kier molecular flexibility index (Phi) is 5.45. The van der Waals surface area contributed by atoms with Gasteiger partial charge in [0.05, 0.1) is 56.9 Å². The van der Waals surface area contributed by atoms with Crippen molar-refractivity contribution in [3.63, 3.8) is 0 Å². The summed E-state index contributed by atoms with van der Waals surface area (Å²) < 4.78 is 10.9. The molecule has 3 aromatic rings. The molecule has 2 heterocycles. The number of aromatic amines is 1. The molecule has 1 aromatic heterocycles. The number of piperazine rings is 1. The van der Waals surface area contributed by atoms with Crippen LogP contribution in [0.5, 0.6) is 11.5 Å². The SMILES string of the molecule is COc1ccc(OC)c2c(=O)c(C[NH+]3CCN(c4ccccc4)CC3)c(C)[nH]c12. The highest BCUT2D eigenvalue weighted by molar-refractivity contribution is 5.90. The minimum atomic E-state index is 0.0324. The third-order valence-corrected chi connectivity index (χ3v) is 5.85. The molecule has 0 bridgehead atoms. The number of hydrogen-bond donors (Lipinski definition) is 2. The highest BCUT2D eigenvalue weighted by Gasteiger charge is 2.24. The van der Waals surface area contributed by atoms with Gasteiger partial charge in [-0.3, -0.25) is 4.79 Å². The Morgan fingerprint density at radius 1 is 1.00 bits per heavy atom. The first-order valence-corrected chi connectivity index (χ1v) is 10.0. The van der Waals surface area contributed by atoms with Crippen LogP contribution in [0.2, 0.25) is 0 Å². The zero-order chi connectivity index (χ0) is 20.4. The fraction of sp³-hybridized carbons (Fsp3) is 0.348. The Hall–Kier alpha value is -2.99. The maximum atomic E-state index is 13.4. The number of rotatable bonds is 5. The Morgan fingerprint density at radius 3 is 2.31 bits per heavy atom. The van der Waals surface area contributed by atoms with Gasteiger partial charge >= 0.3 is 0 Å². The Bertz CT molecular complexity index is 1050. The van der Waals surface area contributed by atoms with Gasteiger partial charge in [0.25, 0.3) is 0 Å². The van der Waals surface area contributed by atoms with Crippen LogP contribution in [-0.4, -0.2) is 45.4 Å². The highest BCUT2D eigenvalue weighted by Crippen LogP contribution is 2.30. The number of para-hydroxylation sites is 1. The average molecular weight is 394 g/mol. The molecule has 152 valence electrons. The van der Waals surface area contributed by atoms with E-state index in [0.29, 0.717) is 28.9 Å². The molecule has 1 aliphatic rings. The van der Waals surface area contributed by atoms with Crippen molar-refractivity contribution in [3.05, 3.63) is 63.9 Å². The van der Waals surface area contributed by atoms with Crippen LogP contribution in [0.3, 0.4) is 0 Å². The minimum Gasteiger partial charge on any atom is -0.496 e. The van der Waals surface area contributed by atoms with E-state index in [2.05, 4.69) is 34.1 Å². The summed E-state index contributed by atoms with van der Waals surface area (Å²) in [5.41, 5.74) is 3.72. The second kappa shape index (κ2) is 8.17.